The molecule has 0 atom stereocenters. The number of rotatable bonds is 4. The van der Waals surface area contributed by atoms with Gasteiger partial charge in [0.1, 0.15) is 6.54 Å². The van der Waals surface area contributed by atoms with E-state index in [0.717, 1.165) is 24.8 Å². The molecule has 4 rings (SSSR count). The maximum Gasteiger partial charge on any atom is 0.250 e. The summed E-state index contributed by atoms with van der Waals surface area (Å²) in [6, 6.07) is 9.66. The SMILES string of the molecule is NC1(c2noc(Cn3nnc(-c4ccccc4)n3)n2)CCC1. The standard InChI is InChI=1S/C14H15N7O/c15-14(7-4-8-14)13-16-11(22-19-13)9-21-18-12(17-20-21)10-5-2-1-3-6-10/h1-3,5-6H,4,7-9,15H2. The van der Waals surface area contributed by atoms with Crippen LogP contribution in [0.4, 0.5) is 0 Å². The summed E-state index contributed by atoms with van der Waals surface area (Å²) in [5.41, 5.74) is 6.66. The number of hydrogen-bond donors (Lipinski definition) is 1. The summed E-state index contributed by atoms with van der Waals surface area (Å²) < 4.78 is 5.24. The van der Waals surface area contributed by atoms with Gasteiger partial charge in [0.05, 0.1) is 5.54 Å². The highest BCUT2D eigenvalue weighted by molar-refractivity contribution is 5.52. The molecule has 0 amide bonds. The van der Waals surface area contributed by atoms with E-state index in [1.165, 1.54) is 4.80 Å². The number of hydrogen-bond acceptors (Lipinski definition) is 7. The molecular formula is C14H15N7O. The molecule has 2 heterocycles. The zero-order chi connectivity index (χ0) is 15.0. The number of nitrogens with two attached hydrogens (primary N) is 1. The fraction of sp³-hybridized carbons (Fsp3) is 0.357. The highest BCUT2D eigenvalue weighted by atomic mass is 16.5. The summed E-state index contributed by atoms with van der Waals surface area (Å²) in [5.74, 6) is 1.57. The summed E-state index contributed by atoms with van der Waals surface area (Å²) in [4.78, 5) is 5.78. The molecule has 1 aromatic carbocycles. The van der Waals surface area contributed by atoms with Gasteiger partial charge in [-0.1, -0.05) is 35.5 Å². The smallest absolute Gasteiger partial charge is 0.250 e. The van der Waals surface area contributed by atoms with Crippen LogP contribution in [0.3, 0.4) is 0 Å². The molecule has 1 aliphatic rings. The van der Waals surface area contributed by atoms with E-state index in [0.29, 0.717) is 17.5 Å². The van der Waals surface area contributed by atoms with Crippen LogP contribution in [-0.2, 0) is 12.1 Å². The monoisotopic (exact) mass is 297 g/mol. The first-order valence-electron chi connectivity index (χ1n) is 7.18. The minimum Gasteiger partial charge on any atom is -0.337 e. The summed E-state index contributed by atoms with van der Waals surface area (Å²) in [6.07, 6.45) is 2.89. The van der Waals surface area contributed by atoms with Crippen molar-refractivity contribution in [3.8, 4) is 11.4 Å². The van der Waals surface area contributed by atoms with Crippen molar-refractivity contribution in [1.82, 2.24) is 30.3 Å². The number of nitrogens with zero attached hydrogens (tertiary/aromatic N) is 6. The van der Waals surface area contributed by atoms with E-state index in [9.17, 15) is 0 Å². The van der Waals surface area contributed by atoms with Gasteiger partial charge in [-0.05, 0) is 24.5 Å². The largest absolute Gasteiger partial charge is 0.337 e. The molecule has 112 valence electrons. The van der Waals surface area contributed by atoms with Crippen LogP contribution in [0.1, 0.15) is 31.0 Å². The lowest BCUT2D eigenvalue weighted by atomic mass is 9.77. The quantitative estimate of drug-likeness (QED) is 0.768. The van der Waals surface area contributed by atoms with Gasteiger partial charge >= 0.3 is 0 Å². The Bertz CT molecular complexity index is 775. The van der Waals surface area contributed by atoms with Crippen molar-refractivity contribution in [2.24, 2.45) is 5.73 Å². The normalized spacial score (nSPS) is 16.4. The summed E-state index contributed by atoms with van der Waals surface area (Å²) in [7, 11) is 0. The maximum atomic E-state index is 6.18. The topological polar surface area (TPSA) is 109 Å². The van der Waals surface area contributed by atoms with Crippen molar-refractivity contribution in [1.29, 1.82) is 0 Å². The maximum absolute atomic E-state index is 6.18. The van der Waals surface area contributed by atoms with Gasteiger partial charge in [-0.3, -0.25) is 0 Å². The molecule has 0 saturated heterocycles. The summed E-state index contributed by atoms with van der Waals surface area (Å²) >= 11 is 0. The van der Waals surface area contributed by atoms with Crippen LogP contribution in [0, 0.1) is 0 Å². The molecule has 1 fully saturated rings. The Kier molecular flexibility index (Phi) is 2.97. The predicted molar refractivity (Wildman–Crippen MR) is 76.4 cm³/mol. The van der Waals surface area contributed by atoms with E-state index in [4.69, 9.17) is 10.3 Å². The van der Waals surface area contributed by atoms with Gasteiger partial charge in [-0.2, -0.15) is 9.78 Å². The molecule has 2 N–H and O–H groups in total. The van der Waals surface area contributed by atoms with Crippen molar-refractivity contribution in [3.63, 3.8) is 0 Å². The Morgan fingerprint density at radius 1 is 1.23 bits per heavy atom. The summed E-state index contributed by atoms with van der Waals surface area (Å²) in [6.45, 7) is 0.281. The minimum absolute atomic E-state index is 0.281. The molecular weight excluding hydrogens is 282 g/mol. The van der Waals surface area contributed by atoms with E-state index < -0.39 is 5.54 Å². The van der Waals surface area contributed by atoms with Crippen LogP contribution in [0.25, 0.3) is 11.4 Å². The van der Waals surface area contributed by atoms with Crippen molar-refractivity contribution in [2.45, 2.75) is 31.3 Å². The Hall–Kier alpha value is -2.61. The van der Waals surface area contributed by atoms with E-state index >= 15 is 0 Å². The van der Waals surface area contributed by atoms with Gasteiger partial charge in [-0.25, -0.2) is 0 Å². The Balaban J connectivity index is 1.51. The zero-order valence-electron chi connectivity index (χ0n) is 11.9. The van der Waals surface area contributed by atoms with E-state index in [2.05, 4.69) is 25.6 Å². The van der Waals surface area contributed by atoms with Gasteiger partial charge in [0.15, 0.2) is 5.82 Å². The third-order valence-corrected chi connectivity index (χ3v) is 3.92. The van der Waals surface area contributed by atoms with Gasteiger partial charge in [-0.15, -0.1) is 10.2 Å². The van der Waals surface area contributed by atoms with E-state index in [1.54, 1.807) is 0 Å². The molecule has 0 unspecified atom stereocenters. The fourth-order valence-corrected chi connectivity index (χ4v) is 2.44. The van der Waals surface area contributed by atoms with Crippen LogP contribution in [0.5, 0.6) is 0 Å². The van der Waals surface area contributed by atoms with Gasteiger partial charge in [0.25, 0.3) is 0 Å². The van der Waals surface area contributed by atoms with Gasteiger partial charge in [0.2, 0.25) is 11.7 Å². The molecule has 8 heteroatoms. The van der Waals surface area contributed by atoms with E-state index in [-0.39, 0.29) is 6.54 Å². The van der Waals surface area contributed by atoms with Crippen molar-refractivity contribution in [2.75, 3.05) is 0 Å². The first-order chi connectivity index (χ1) is 10.7. The van der Waals surface area contributed by atoms with Crippen LogP contribution in [-0.4, -0.2) is 30.3 Å². The molecule has 0 aliphatic heterocycles. The fourth-order valence-electron chi connectivity index (χ4n) is 2.44. The first kappa shape index (κ1) is 13.1. The molecule has 22 heavy (non-hydrogen) atoms. The highest BCUT2D eigenvalue weighted by Gasteiger charge is 2.39. The van der Waals surface area contributed by atoms with Crippen LogP contribution in [0.15, 0.2) is 34.9 Å². The molecule has 2 aromatic heterocycles. The second kappa shape index (κ2) is 4.99. The number of tetrazole rings is 1. The van der Waals surface area contributed by atoms with Crippen LogP contribution < -0.4 is 5.73 Å². The molecule has 1 aliphatic carbocycles. The summed E-state index contributed by atoms with van der Waals surface area (Å²) in [5, 5.41) is 16.3. The van der Waals surface area contributed by atoms with Crippen LogP contribution in [0.2, 0.25) is 0 Å². The average molecular weight is 297 g/mol. The predicted octanol–water partition coefficient (Wildman–Crippen LogP) is 1.11. The van der Waals surface area contributed by atoms with Crippen LogP contribution >= 0.6 is 0 Å². The van der Waals surface area contributed by atoms with Gasteiger partial charge in [0, 0.05) is 5.56 Å². The van der Waals surface area contributed by atoms with Gasteiger partial charge < -0.3 is 10.3 Å². The molecule has 0 radical (unpaired) electrons. The lowest BCUT2D eigenvalue weighted by molar-refractivity contribution is 0.228. The minimum atomic E-state index is -0.424. The second-order valence-electron chi connectivity index (χ2n) is 5.53. The lowest BCUT2D eigenvalue weighted by Gasteiger charge is -2.34. The molecule has 3 aromatic rings. The lowest BCUT2D eigenvalue weighted by Crippen LogP contribution is -2.44. The second-order valence-corrected chi connectivity index (χ2v) is 5.53. The Labute approximate surface area is 126 Å². The molecule has 0 bridgehead atoms. The number of aromatic nitrogens is 6. The molecule has 1 saturated carbocycles. The Morgan fingerprint density at radius 3 is 2.77 bits per heavy atom. The number of benzene rings is 1. The Morgan fingerprint density at radius 2 is 2.05 bits per heavy atom. The van der Waals surface area contributed by atoms with Crippen molar-refractivity contribution in [3.05, 3.63) is 42.0 Å². The van der Waals surface area contributed by atoms with Crippen molar-refractivity contribution < 1.29 is 4.52 Å². The molecule has 0 spiro atoms. The third-order valence-electron chi connectivity index (χ3n) is 3.92. The average Bonchev–Trinajstić information content (AvgIpc) is 3.16. The first-order valence-corrected chi connectivity index (χ1v) is 7.18. The highest BCUT2D eigenvalue weighted by Crippen LogP contribution is 2.36. The van der Waals surface area contributed by atoms with Crippen molar-refractivity contribution >= 4 is 0 Å². The van der Waals surface area contributed by atoms with E-state index in [1.807, 2.05) is 30.3 Å². The zero-order valence-corrected chi connectivity index (χ0v) is 11.9. The third kappa shape index (κ3) is 2.27. The molecule has 8 nitrogen and oxygen atoms in total.